The van der Waals surface area contributed by atoms with E-state index in [-0.39, 0.29) is 0 Å². The fourth-order valence-electron chi connectivity index (χ4n) is 2.84. The topological polar surface area (TPSA) is 36.3 Å². The number of imidazole rings is 1. The summed E-state index contributed by atoms with van der Waals surface area (Å²) >= 11 is 0. The van der Waals surface area contributed by atoms with Crippen molar-refractivity contribution < 1.29 is 22.6 Å². The zero-order valence-corrected chi connectivity index (χ0v) is 15.7. The molecular weight excluding hydrogens is 393 g/mol. The number of rotatable bonds is 6. The monoisotopic (exact) mass is 410 g/mol. The zero-order valence-electron chi connectivity index (χ0n) is 15.7. The maximum absolute atomic E-state index is 12.7. The van der Waals surface area contributed by atoms with Gasteiger partial charge in [-0.3, -0.25) is 0 Å². The molecule has 0 atom stereocenters. The van der Waals surface area contributed by atoms with E-state index >= 15 is 0 Å². The van der Waals surface area contributed by atoms with Gasteiger partial charge >= 0.3 is 6.18 Å². The van der Waals surface area contributed by atoms with Gasteiger partial charge < -0.3 is 14.0 Å². The van der Waals surface area contributed by atoms with Gasteiger partial charge in [0.1, 0.15) is 23.0 Å². The fraction of sp³-hybridized carbons (Fsp3) is 0.0870. The number of halogens is 3. The molecule has 0 bridgehead atoms. The van der Waals surface area contributed by atoms with E-state index in [0.29, 0.717) is 23.0 Å². The highest BCUT2D eigenvalue weighted by Crippen LogP contribution is 2.32. The Kier molecular flexibility index (Phi) is 5.43. The molecule has 0 aliphatic heterocycles. The van der Waals surface area contributed by atoms with Crippen LogP contribution in [-0.4, -0.2) is 9.55 Å². The van der Waals surface area contributed by atoms with Gasteiger partial charge in [0.2, 0.25) is 0 Å². The first-order valence-electron chi connectivity index (χ1n) is 9.13. The smallest absolute Gasteiger partial charge is 0.416 e. The zero-order chi connectivity index (χ0) is 21.0. The molecule has 3 aromatic carbocycles. The standard InChI is InChI=1S/C23H17F3N2O2/c24-23(25,26)18-6-10-20(11-7-18)30-22-3-1-2-21(14-22)29-19-8-4-17(5-9-19)15-28-13-12-27-16-28/h1-14,16H,15H2. The van der Waals surface area contributed by atoms with E-state index in [1.165, 1.54) is 12.1 Å². The van der Waals surface area contributed by atoms with Gasteiger partial charge in [-0.25, -0.2) is 4.98 Å². The van der Waals surface area contributed by atoms with Gasteiger partial charge in [0.05, 0.1) is 11.9 Å². The third-order valence-corrected chi connectivity index (χ3v) is 4.31. The molecule has 7 heteroatoms. The van der Waals surface area contributed by atoms with Crippen molar-refractivity contribution in [3.8, 4) is 23.0 Å². The lowest BCUT2D eigenvalue weighted by Crippen LogP contribution is -2.03. The second-order valence-electron chi connectivity index (χ2n) is 6.58. The number of hydrogen-bond acceptors (Lipinski definition) is 3. The van der Waals surface area contributed by atoms with Gasteiger partial charge in [-0.2, -0.15) is 13.2 Å². The summed E-state index contributed by atoms with van der Waals surface area (Å²) in [4.78, 5) is 4.02. The summed E-state index contributed by atoms with van der Waals surface area (Å²) in [6, 6.07) is 19.1. The third-order valence-electron chi connectivity index (χ3n) is 4.31. The van der Waals surface area contributed by atoms with E-state index in [4.69, 9.17) is 9.47 Å². The Morgan fingerprint density at radius 2 is 1.37 bits per heavy atom. The van der Waals surface area contributed by atoms with Crippen LogP contribution in [0.2, 0.25) is 0 Å². The quantitative estimate of drug-likeness (QED) is 0.362. The molecule has 0 saturated carbocycles. The molecule has 4 nitrogen and oxygen atoms in total. The molecule has 4 rings (SSSR count). The Labute approximate surface area is 171 Å². The van der Waals surface area contributed by atoms with Crippen LogP contribution >= 0.6 is 0 Å². The molecule has 0 radical (unpaired) electrons. The molecule has 0 saturated heterocycles. The van der Waals surface area contributed by atoms with Crippen LogP contribution in [0.25, 0.3) is 0 Å². The number of aromatic nitrogens is 2. The van der Waals surface area contributed by atoms with Crippen molar-refractivity contribution in [2.75, 3.05) is 0 Å². The van der Waals surface area contributed by atoms with Crippen LogP contribution in [0.5, 0.6) is 23.0 Å². The van der Waals surface area contributed by atoms with Crippen molar-refractivity contribution in [3.63, 3.8) is 0 Å². The van der Waals surface area contributed by atoms with Crippen LogP contribution < -0.4 is 9.47 Å². The Morgan fingerprint density at radius 3 is 1.90 bits per heavy atom. The number of ether oxygens (including phenoxy) is 2. The predicted octanol–water partition coefficient (Wildman–Crippen LogP) is 6.53. The van der Waals surface area contributed by atoms with E-state index < -0.39 is 11.7 Å². The van der Waals surface area contributed by atoms with Gasteiger partial charge in [-0.15, -0.1) is 0 Å². The fourth-order valence-corrected chi connectivity index (χ4v) is 2.84. The second-order valence-corrected chi connectivity index (χ2v) is 6.58. The summed E-state index contributed by atoms with van der Waals surface area (Å²) in [6.07, 6.45) is 1.01. The molecule has 0 aliphatic carbocycles. The molecule has 1 heterocycles. The Bertz CT molecular complexity index is 1090. The van der Waals surface area contributed by atoms with Crippen LogP contribution in [0.3, 0.4) is 0 Å². The number of alkyl halides is 3. The maximum Gasteiger partial charge on any atom is 0.416 e. The average Bonchev–Trinajstić information content (AvgIpc) is 3.23. The van der Waals surface area contributed by atoms with Gasteiger partial charge in [0, 0.05) is 25.0 Å². The van der Waals surface area contributed by atoms with Crippen molar-refractivity contribution in [1.82, 2.24) is 9.55 Å². The maximum atomic E-state index is 12.7. The molecule has 0 fully saturated rings. The molecule has 4 aromatic rings. The summed E-state index contributed by atoms with van der Waals surface area (Å²) in [6.45, 7) is 0.719. The van der Waals surface area contributed by atoms with Crippen LogP contribution in [0.15, 0.2) is 91.5 Å². The molecule has 0 unspecified atom stereocenters. The third kappa shape index (κ3) is 5.00. The highest BCUT2D eigenvalue weighted by atomic mass is 19.4. The van der Waals surface area contributed by atoms with Gasteiger partial charge in [0.15, 0.2) is 0 Å². The highest BCUT2D eigenvalue weighted by molar-refractivity contribution is 5.40. The lowest BCUT2D eigenvalue weighted by Gasteiger charge is -2.11. The minimum Gasteiger partial charge on any atom is -0.457 e. The Hall–Kier alpha value is -3.74. The molecule has 0 spiro atoms. The number of benzene rings is 3. The van der Waals surface area contributed by atoms with Crippen LogP contribution in [0.4, 0.5) is 13.2 Å². The first-order chi connectivity index (χ1) is 14.5. The predicted molar refractivity (Wildman–Crippen MR) is 106 cm³/mol. The van der Waals surface area contributed by atoms with E-state index in [2.05, 4.69) is 4.98 Å². The second kappa shape index (κ2) is 8.32. The summed E-state index contributed by atoms with van der Waals surface area (Å²) in [7, 11) is 0. The first-order valence-corrected chi connectivity index (χ1v) is 9.13. The highest BCUT2D eigenvalue weighted by Gasteiger charge is 2.30. The van der Waals surface area contributed by atoms with E-state index in [0.717, 1.165) is 24.2 Å². The molecule has 0 N–H and O–H groups in total. The Balaban J connectivity index is 1.41. The van der Waals surface area contributed by atoms with Crippen molar-refractivity contribution in [1.29, 1.82) is 0 Å². The van der Waals surface area contributed by atoms with Gasteiger partial charge in [-0.05, 0) is 54.1 Å². The number of nitrogens with zero attached hydrogens (tertiary/aromatic N) is 2. The average molecular weight is 410 g/mol. The molecule has 152 valence electrons. The molecule has 30 heavy (non-hydrogen) atoms. The SMILES string of the molecule is FC(F)(F)c1ccc(Oc2cccc(Oc3ccc(Cn4ccnc4)cc3)c2)cc1. The molecule has 0 amide bonds. The summed E-state index contributed by atoms with van der Waals surface area (Å²) in [5, 5.41) is 0. The first kappa shape index (κ1) is 19.6. The number of hydrogen-bond donors (Lipinski definition) is 0. The minimum absolute atomic E-state index is 0.309. The van der Waals surface area contributed by atoms with Crippen LogP contribution in [-0.2, 0) is 12.7 Å². The summed E-state index contributed by atoms with van der Waals surface area (Å²) in [5.74, 6) is 1.99. The summed E-state index contributed by atoms with van der Waals surface area (Å²) in [5.41, 5.74) is 0.392. The van der Waals surface area contributed by atoms with E-state index in [9.17, 15) is 13.2 Å². The van der Waals surface area contributed by atoms with Crippen molar-refractivity contribution in [2.24, 2.45) is 0 Å². The molecular formula is C23H17F3N2O2. The summed E-state index contributed by atoms with van der Waals surface area (Å²) < 4.78 is 51.5. The molecule has 1 aromatic heterocycles. The van der Waals surface area contributed by atoms with Crippen LogP contribution in [0.1, 0.15) is 11.1 Å². The minimum atomic E-state index is -4.37. The largest absolute Gasteiger partial charge is 0.457 e. The van der Waals surface area contributed by atoms with Gasteiger partial charge in [0.25, 0.3) is 0 Å². The lowest BCUT2D eigenvalue weighted by atomic mass is 10.2. The van der Waals surface area contributed by atoms with E-state index in [1.807, 2.05) is 35.0 Å². The van der Waals surface area contributed by atoms with Gasteiger partial charge in [-0.1, -0.05) is 18.2 Å². The normalized spacial score (nSPS) is 11.3. The van der Waals surface area contributed by atoms with Crippen LogP contribution in [0, 0.1) is 0 Å². The van der Waals surface area contributed by atoms with Crippen molar-refractivity contribution in [3.05, 3.63) is 103 Å². The Morgan fingerprint density at radius 1 is 0.767 bits per heavy atom. The molecule has 0 aliphatic rings. The van der Waals surface area contributed by atoms with Crippen molar-refractivity contribution >= 4 is 0 Å². The lowest BCUT2D eigenvalue weighted by molar-refractivity contribution is -0.137. The van der Waals surface area contributed by atoms with E-state index in [1.54, 1.807) is 36.8 Å². The van der Waals surface area contributed by atoms with Crippen molar-refractivity contribution in [2.45, 2.75) is 12.7 Å².